The van der Waals surface area contributed by atoms with Crippen molar-refractivity contribution >= 4 is 17.4 Å². The Morgan fingerprint density at radius 2 is 2.39 bits per heavy atom. The minimum Gasteiger partial charge on any atom is -0.384 e. The molecule has 1 N–H and O–H groups in total. The van der Waals surface area contributed by atoms with Gasteiger partial charge in [0.1, 0.15) is 0 Å². The van der Waals surface area contributed by atoms with Gasteiger partial charge in [0.25, 0.3) is 5.89 Å². The molecule has 4 nitrogen and oxygen atoms in total. The van der Waals surface area contributed by atoms with Crippen molar-refractivity contribution in [3.05, 3.63) is 29.6 Å². The SMILES string of the molecule is CCSCc1noc(-c2ccc3c(c2)CCN3)n1. The summed E-state index contributed by atoms with van der Waals surface area (Å²) in [6, 6.07) is 6.25. The maximum absolute atomic E-state index is 5.31. The van der Waals surface area contributed by atoms with Crippen molar-refractivity contribution in [2.45, 2.75) is 19.1 Å². The number of anilines is 1. The van der Waals surface area contributed by atoms with Gasteiger partial charge in [-0.3, -0.25) is 0 Å². The largest absolute Gasteiger partial charge is 0.384 e. The van der Waals surface area contributed by atoms with Gasteiger partial charge in [0, 0.05) is 17.8 Å². The minimum atomic E-state index is 0.622. The van der Waals surface area contributed by atoms with E-state index in [4.69, 9.17) is 4.52 Å². The quantitative estimate of drug-likeness (QED) is 0.917. The van der Waals surface area contributed by atoms with Crippen LogP contribution >= 0.6 is 11.8 Å². The van der Waals surface area contributed by atoms with Gasteiger partial charge in [-0.05, 0) is 35.9 Å². The zero-order chi connectivity index (χ0) is 12.4. The zero-order valence-electron chi connectivity index (χ0n) is 10.3. The molecule has 0 saturated heterocycles. The van der Waals surface area contributed by atoms with Gasteiger partial charge in [0.2, 0.25) is 0 Å². The van der Waals surface area contributed by atoms with E-state index in [1.807, 2.05) is 6.07 Å². The van der Waals surface area contributed by atoms with Gasteiger partial charge < -0.3 is 9.84 Å². The molecule has 2 aromatic rings. The van der Waals surface area contributed by atoms with Crippen LogP contribution in [0, 0.1) is 0 Å². The van der Waals surface area contributed by atoms with Gasteiger partial charge in [-0.1, -0.05) is 12.1 Å². The van der Waals surface area contributed by atoms with Crippen molar-refractivity contribution in [2.24, 2.45) is 0 Å². The van der Waals surface area contributed by atoms with Crippen LogP contribution < -0.4 is 5.32 Å². The zero-order valence-corrected chi connectivity index (χ0v) is 11.1. The Balaban J connectivity index is 1.83. The maximum Gasteiger partial charge on any atom is 0.257 e. The lowest BCUT2D eigenvalue weighted by molar-refractivity contribution is 0.425. The average Bonchev–Trinajstić information content (AvgIpc) is 3.04. The first-order valence-electron chi connectivity index (χ1n) is 6.14. The molecule has 0 bridgehead atoms. The minimum absolute atomic E-state index is 0.622. The number of hydrogen-bond acceptors (Lipinski definition) is 5. The summed E-state index contributed by atoms with van der Waals surface area (Å²) in [6.45, 7) is 3.14. The topological polar surface area (TPSA) is 51.0 Å². The maximum atomic E-state index is 5.31. The molecule has 94 valence electrons. The molecule has 0 unspecified atom stereocenters. The molecule has 1 aliphatic rings. The lowest BCUT2D eigenvalue weighted by Gasteiger charge is -2.00. The highest BCUT2D eigenvalue weighted by atomic mass is 32.2. The van der Waals surface area contributed by atoms with Gasteiger partial charge in [-0.25, -0.2) is 0 Å². The summed E-state index contributed by atoms with van der Waals surface area (Å²) >= 11 is 1.79. The number of nitrogens with zero attached hydrogens (tertiary/aromatic N) is 2. The van der Waals surface area contributed by atoms with E-state index in [0.717, 1.165) is 35.9 Å². The number of benzene rings is 1. The lowest BCUT2D eigenvalue weighted by atomic mass is 10.1. The predicted octanol–water partition coefficient (Wildman–Crippen LogP) is 2.96. The number of nitrogens with one attached hydrogen (secondary N) is 1. The summed E-state index contributed by atoms with van der Waals surface area (Å²) in [5.41, 5.74) is 3.56. The van der Waals surface area contributed by atoms with Crippen LogP contribution in [0.15, 0.2) is 22.7 Å². The van der Waals surface area contributed by atoms with Gasteiger partial charge in [0.05, 0.1) is 5.75 Å². The molecule has 0 aliphatic carbocycles. The van der Waals surface area contributed by atoms with E-state index in [2.05, 4.69) is 34.5 Å². The number of thioether (sulfide) groups is 1. The van der Waals surface area contributed by atoms with E-state index in [-0.39, 0.29) is 0 Å². The molecule has 2 heterocycles. The van der Waals surface area contributed by atoms with E-state index in [1.54, 1.807) is 11.8 Å². The van der Waals surface area contributed by atoms with E-state index >= 15 is 0 Å². The Hall–Kier alpha value is -1.49. The second-order valence-corrected chi connectivity index (χ2v) is 5.48. The summed E-state index contributed by atoms with van der Waals surface area (Å²) in [5, 5.41) is 7.34. The van der Waals surface area contributed by atoms with Gasteiger partial charge in [-0.15, -0.1) is 0 Å². The standard InChI is InChI=1S/C13H15N3OS/c1-2-18-8-12-15-13(17-16-12)10-3-4-11-9(7-10)5-6-14-11/h3-4,7,14H,2,5-6,8H2,1H3. The molecule has 18 heavy (non-hydrogen) atoms. The highest BCUT2D eigenvalue weighted by Gasteiger charge is 2.14. The van der Waals surface area contributed by atoms with Crippen molar-refractivity contribution < 1.29 is 4.52 Å². The molecule has 0 saturated carbocycles. The average molecular weight is 261 g/mol. The fourth-order valence-corrected chi connectivity index (χ4v) is 2.57. The van der Waals surface area contributed by atoms with Crippen LogP contribution in [0.3, 0.4) is 0 Å². The van der Waals surface area contributed by atoms with Crippen LogP contribution in [0.2, 0.25) is 0 Å². The Bertz CT molecular complexity index is 553. The predicted molar refractivity (Wildman–Crippen MR) is 73.8 cm³/mol. The van der Waals surface area contributed by atoms with Crippen molar-refractivity contribution in [2.75, 3.05) is 17.6 Å². The van der Waals surface area contributed by atoms with Crippen LogP contribution in [0.25, 0.3) is 11.5 Å². The molecule has 0 radical (unpaired) electrons. The summed E-state index contributed by atoms with van der Waals surface area (Å²) < 4.78 is 5.31. The van der Waals surface area contributed by atoms with Crippen molar-refractivity contribution in [3.63, 3.8) is 0 Å². The molecule has 1 aliphatic heterocycles. The summed E-state index contributed by atoms with van der Waals surface area (Å²) in [5.74, 6) is 3.27. The number of aromatic nitrogens is 2. The van der Waals surface area contributed by atoms with E-state index < -0.39 is 0 Å². The monoisotopic (exact) mass is 261 g/mol. The first-order valence-corrected chi connectivity index (χ1v) is 7.30. The van der Waals surface area contributed by atoms with Crippen molar-refractivity contribution in [3.8, 4) is 11.5 Å². The van der Waals surface area contributed by atoms with Gasteiger partial charge in [-0.2, -0.15) is 16.7 Å². The van der Waals surface area contributed by atoms with Gasteiger partial charge >= 0.3 is 0 Å². The summed E-state index contributed by atoms with van der Waals surface area (Å²) in [6.07, 6.45) is 1.07. The molecular weight excluding hydrogens is 246 g/mol. The van der Waals surface area contributed by atoms with E-state index in [9.17, 15) is 0 Å². The lowest BCUT2D eigenvalue weighted by Crippen LogP contribution is -1.90. The first kappa shape index (κ1) is 11.6. The number of fused-ring (bicyclic) bond motifs is 1. The summed E-state index contributed by atoms with van der Waals surface area (Å²) in [4.78, 5) is 4.42. The third-order valence-corrected chi connectivity index (χ3v) is 3.84. The highest BCUT2D eigenvalue weighted by molar-refractivity contribution is 7.98. The molecule has 0 spiro atoms. The molecule has 3 rings (SSSR count). The third kappa shape index (κ3) is 2.22. The number of hydrogen-bond donors (Lipinski definition) is 1. The highest BCUT2D eigenvalue weighted by Crippen LogP contribution is 2.27. The van der Waals surface area contributed by atoms with Crippen LogP contribution in [-0.4, -0.2) is 22.4 Å². The van der Waals surface area contributed by atoms with Crippen LogP contribution in [-0.2, 0) is 12.2 Å². The van der Waals surface area contributed by atoms with Crippen molar-refractivity contribution in [1.29, 1.82) is 0 Å². The van der Waals surface area contributed by atoms with E-state index in [1.165, 1.54) is 11.3 Å². The molecule has 0 amide bonds. The number of rotatable bonds is 4. The molecular formula is C13H15N3OS. The second-order valence-electron chi connectivity index (χ2n) is 4.20. The fourth-order valence-electron chi connectivity index (χ4n) is 2.06. The Labute approximate surface area is 110 Å². The molecule has 1 aromatic carbocycles. The normalized spacial score (nSPS) is 13.4. The fraction of sp³-hybridized carbons (Fsp3) is 0.385. The third-order valence-electron chi connectivity index (χ3n) is 2.97. The Morgan fingerprint density at radius 1 is 1.44 bits per heavy atom. The Morgan fingerprint density at radius 3 is 3.28 bits per heavy atom. The van der Waals surface area contributed by atoms with Crippen LogP contribution in [0.4, 0.5) is 5.69 Å². The Kier molecular flexibility index (Phi) is 3.23. The van der Waals surface area contributed by atoms with Crippen LogP contribution in [0.5, 0.6) is 0 Å². The van der Waals surface area contributed by atoms with Gasteiger partial charge in [0.15, 0.2) is 5.82 Å². The van der Waals surface area contributed by atoms with Crippen LogP contribution in [0.1, 0.15) is 18.3 Å². The first-order chi connectivity index (χ1) is 8.86. The molecule has 1 aromatic heterocycles. The molecule has 5 heteroatoms. The van der Waals surface area contributed by atoms with Crippen molar-refractivity contribution in [1.82, 2.24) is 10.1 Å². The second kappa shape index (κ2) is 5.02. The smallest absolute Gasteiger partial charge is 0.257 e. The summed E-state index contributed by atoms with van der Waals surface area (Å²) in [7, 11) is 0. The molecule has 0 atom stereocenters. The van der Waals surface area contributed by atoms with E-state index in [0.29, 0.717) is 5.89 Å². The molecule has 0 fully saturated rings.